The number of benzene rings is 3. The number of aromatic hydroxyl groups is 1. The summed E-state index contributed by atoms with van der Waals surface area (Å²) in [5, 5.41) is 9.65. The monoisotopic (exact) mass is 363 g/mol. The highest BCUT2D eigenvalue weighted by Gasteiger charge is 2.19. The zero-order valence-electron chi connectivity index (χ0n) is 14.1. The van der Waals surface area contributed by atoms with Crippen LogP contribution in [0.2, 0.25) is 0 Å². The van der Waals surface area contributed by atoms with Crippen molar-refractivity contribution in [3.63, 3.8) is 0 Å². The summed E-state index contributed by atoms with van der Waals surface area (Å²) in [6.45, 7) is 0. The largest absolute Gasteiger partial charge is 0.508 e. The molecule has 0 atom stereocenters. The first-order valence-electron chi connectivity index (χ1n) is 7.97. The molecule has 0 amide bonds. The lowest BCUT2D eigenvalue weighted by Crippen LogP contribution is -2.19. The zero-order valence-corrected chi connectivity index (χ0v) is 14.1. The Kier molecular flexibility index (Phi) is 3.97. The topological polar surface area (TPSA) is 98.9 Å². The van der Waals surface area contributed by atoms with E-state index in [0.717, 1.165) is 0 Å². The number of phenols is 1. The molecule has 27 heavy (non-hydrogen) atoms. The first-order valence-corrected chi connectivity index (χ1v) is 7.97. The fourth-order valence-corrected chi connectivity index (χ4v) is 2.66. The normalized spacial score (nSPS) is 10.9. The number of ether oxygens (including phenoxy) is 2. The molecule has 0 saturated heterocycles. The molecule has 0 spiro atoms. The van der Waals surface area contributed by atoms with Gasteiger partial charge in [0.15, 0.2) is 16.8 Å². The van der Waals surface area contributed by atoms with Crippen molar-refractivity contribution in [2.24, 2.45) is 0 Å². The lowest BCUT2D eigenvalue weighted by atomic mass is 10.1. The second kappa shape index (κ2) is 6.45. The van der Waals surface area contributed by atoms with Gasteiger partial charge in [0.1, 0.15) is 34.0 Å². The Labute approximate surface area is 152 Å². The van der Waals surface area contributed by atoms with Gasteiger partial charge < -0.3 is 19.0 Å². The maximum Gasteiger partial charge on any atom is 0.347 e. The van der Waals surface area contributed by atoms with Gasteiger partial charge in [0.2, 0.25) is 0 Å². The van der Waals surface area contributed by atoms with Crippen LogP contribution in [0.15, 0.2) is 63.8 Å². The van der Waals surface area contributed by atoms with Gasteiger partial charge in [-0.15, -0.1) is 0 Å². The SMILES string of the molecule is COc1cc(O)cc(OC(=O)c2cc3nc4ccccc4oc-3cc2=O)c1. The fraction of sp³-hybridized carbons (Fsp3) is 0.0500. The molecule has 1 aliphatic heterocycles. The van der Waals surface area contributed by atoms with Gasteiger partial charge in [-0.1, -0.05) is 12.1 Å². The minimum absolute atomic E-state index is 0.0486. The number of nitrogens with zero attached hydrogens (tertiary/aromatic N) is 1. The van der Waals surface area contributed by atoms with Gasteiger partial charge in [-0.25, -0.2) is 9.78 Å². The van der Waals surface area contributed by atoms with Crippen molar-refractivity contribution in [3.05, 3.63) is 70.4 Å². The van der Waals surface area contributed by atoms with Gasteiger partial charge in [0, 0.05) is 24.3 Å². The Hall–Kier alpha value is -3.87. The van der Waals surface area contributed by atoms with Crippen LogP contribution in [-0.4, -0.2) is 23.2 Å². The van der Waals surface area contributed by atoms with Crippen molar-refractivity contribution in [3.8, 4) is 28.7 Å². The van der Waals surface area contributed by atoms with Gasteiger partial charge in [0.25, 0.3) is 0 Å². The average molecular weight is 363 g/mol. The molecule has 0 saturated carbocycles. The van der Waals surface area contributed by atoms with E-state index in [2.05, 4.69) is 4.98 Å². The van der Waals surface area contributed by atoms with E-state index in [4.69, 9.17) is 13.9 Å². The van der Waals surface area contributed by atoms with Crippen LogP contribution in [0.4, 0.5) is 0 Å². The summed E-state index contributed by atoms with van der Waals surface area (Å²) in [4.78, 5) is 29.2. The number of carbonyl (C=O) groups is 1. The summed E-state index contributed by atoms with van der Waals surface area (Å²) < 4.78 is 15.9. The Morgan fingerprint density at radius 3 is 2.67 bits per heavy atom. The van der Waals surface area contributed by atoms with Gasteiger partial charge in [-0.05, 0) is 18.2 Å². The van der Waals surface area contributed by atoms with E-state index in [0.29, 0.717) is 22.5 Å². The van der Waals surface area contributed by atoms with E-state index in [-0.39, 0.29) is 22.8 Å². The summed E-state index contributed by atoms with van der Waals surface area (Å²) in [7, 11) is 1.42. The number of carbonyl (C=O) groups excluding carboxylic acids is 1. The van der Waals surface area contributed by atoms with Crippen molar-refractivity contribution >= 4 is 17.1 Å². The Bertz CT molecular complexity index is 1200. The van der Waals surface area contributed by atoms with Gasteiger partial charge in [0.05, 0.1) is 7.11 Å². The average Bonchev–Trinajstić information content (AvgIpc) is 2.65. The Morgan fingerprint density at radius 2 is 1.85 bits per heavy atom. The molecule has 1 N–H and O–H groups in total. The third-order valence-corrected chi connectivity index (χ3v) is 3.92. The third-order valence-electron chi connectivity index (χ3n) is 3.92. The standard InChI is InChI=1S/C20H13NO6/c1-25-12-6-11(22)7-13(8-12)26-20(24)14-9-16-19(10-17(14)23)27-18-5-3-2-4-15(18)21-16/h2-10,22H,1H3. The molecule has 7 heteroatoms. The number of methoxy groups -OCH3 is 1. The van der Waals surface area contributed by atoms with Crippen LogP contribution in [0.25, 0.3) is 22.6 Å². The molecule has 0 unspecified atom stereocenters. The molecule has 2 aromatic carbocycles. The number of phenolic OH excluding ortho intramolecular Hbond substituents is 1. The number of hydrogen-bond acceptors (Lipinski definition) is 7. The smallest absolute Gasteiger partial charge is 0.347 e. The highest BCUT2D eigenvalue weighted by molar-refractivity contribution is 5.93. The van der Waals surface area contributed by atoms with Gasteiger partial charge >= 0.3 is 5.97 Å². The summed E-state index contributed by atoms with van der Waals surface area (Å²) in [5.41, 5.74) is 0.740. The second-order valence-corrected chi connectivity index (χ2v) is 5.75. The predicted octanol–water partition coefficient (Wildman–Crippen LogP) is 3.23. The highest BCUT2D eigenvalue weighted by Crippen LogP contribution is 2.28. The molecule has 4 rings (SSSR count). The number of rotatable bonds is 3. The van der Waals surface area contributed by atoms with E-state index >= 15 is 0 Å². The molecule has 0 radical (unpaired) electrons. The van der Waals surface area contributed by atoms with Crippen molar-refractivity contribution in [2.75, 3.05) is 7.11 Å². The number of hydrogen-bond donors (Lipinski definition) is 1. The van der Waals surface area contributed by atoms with Crippen molar-refractivity contribution in [1.29, 1.82) is 0 Å². The minimum Gasteiger partial charge on any atom is -0.508 e. The molecule has 0 fully saturated rings. The highest BCUT2D eigenvalue weighted by atomic mass is 16.5. The van der Waals surface area contributed by atoms with Crippen LogP contribution in [0.5, 0.6) is 17.2 Å². The Morgan fingerprint density at radius 1 is 1.07 bits per heavy atom. The third kappa shape index (κ3) is 3.18. The van der Waals surface area contributed by atoms with Gasteiger partial charge in [-0.2, -0.15) is 0 Å². The van der Waals surface area contributed by atoms with Crippen LogP contribution in [-0.2, 0) is 0 Å². The first-order chi connectivity index (χ1) is 13.0. The lowest BCUT2D eigenvalue weighted by molar-refractivity contribution is 0.0733. The van der Waals surface area contributed by atoms with E-state index in [1.807, 2.05) is 6.07 Å². The molecule has 2 aliphatic rings. The molecule has 0 bridgehead atoms. The van der Waals surface area contributed by atoms with Crippen molar-refractivity contribution in [2.45, 2.75) is 0 Å². The number of aromatic nitrogens is 1. The van der Waals surface area contributed by atoms with Crippen LogP contribution in [0.1, 0.15) is 10.4 Å². The maximum atomic E-state index is 12.5. The summed E-state index contributed by atoms with van der Waals surface area (Å²) >= 11 is 0. The number of para-hydroxylation sites is 2. The number of esters is 1. The molecule has 134 valence electrons. The molecular formula is C20H13NO6. The Balaban J connectivity index is 1.74. The molecule has 1 heterocycles. The predicted molar refractivity (Wildman–Crippen MR) is 96.5 cm³/mol. The maximum absolute atomic E-state index is 12.5. The molecule has 0 aromatic heterocycles. The van der Waals surface area contributed by atoms with E-state index in [9.17, 15) is 14.7 Å². The first kappa shape index (κ1) is 16.6. The minimum atomic E-state index is -0.871. The van der Waals surface area contributed by atoms with Crippen LogP contribution >= 0.6 is 0 Å². The van der Waals surface area contributed by atoms with Crippen LogP contribution in [0, 0.1) is 0 Å². The molecule has 7 nitrogen and oxygen atoms in total. The summed E-state index contributed by atoms with van der Waals surface area (Å²) in [5.74, 6) is -0.373. The molecular weight excluding hydrogens is 350 g/mol. The molecule has 2 aromatic rings. The summed E-state index contributed by atoms with van der Waals surface area (Å²) in [6, 6.07) is 13.7. The number of fused-ring (bicyclic) bond motifs is 2. The summed E-state index contributed by atoms with van der Waals surface area (Å²) in [6.07, 6.45) is 0. The van der Waals surface area contributed by atoms with Gasteiger partial charge in [-0.3, -0.25) is 4.79 Å². The van der Waals surface area contributed by atoms with Crippen molar-refractivity contribution in [1.82, 2.24) is 4.98 Å². The van der Waals surface area contributed by atoms with Crippen molar-refractivity contribution < 1.29 is 23.8 Å². The zero-order chi connectivity index (χ0) is 19.0. The quantitative estimate of drug-likeness (QED) is 0.339. The second-order valence-electron chi connectivity index (χ2n) is 5.75. The molecule has 1 aliphatic carbocycles. The van der Waals surface area contributed by atoms with E-state index in [1.54, 1.807) is 18.2 Å². The van der Waals surface area contributed by atoms with Crippen LogP contribution < -0.4 is 14.9 Å². The van der Waals surface area contributed by atoms with E-state index in [1.165, 1.54) is 37.4 Å². The lowest BCUT2D eigenvalue weighted by Gasteiger charge is -2.09. The van der Waals surface area contributed by atoms with E-state index < -0.39 is 11.4 Å². The fourth-order valence-electron chi connectivity index (χ4n) is 2.66. The van der Waals surface area contributed by atoms with Crippen LogP contribution in [0.3, 0.4) is 0 Å².